The molecule has 0 aromatic heterocycles. The van der Waals surface area contributed by atoms with E-state index >= 15 is 0 Å². The van der Waals surface area contributed by atoms with Crippen molar-refractivity contribution in [3.05, 3.63) is 29.8 Å². The van der Waals surface area contributed by atoms with E-state index in [-0.39, 0.29) is 5.75 Å². The van der Waals surface area contributed by atoms with Gasteiger partial charge in [-0.15, -0.1) is 0 Å². The van der Waals surface area contributed by atoms with Gasteiger partial charge in [-0.25, -0.2) is 0 Å². The monoisotopic (exact) mass is 266 g/mol. The Morgan fingerprint density at radius 1 is 1.32 bits per heavy atom. The number of aromatic hydroxyl groups is 1. The average Bonchev–Trinajstić information content (AvgIpc) is 2.96. The fraction of sp³-hybridized carbons (Fsp3) is 0.500. The summed E-state index contributed by atoms with van der Waals surface area (Å²) in [6.07, 6.45) is 3.19. The first-order valence-corrected chi connectivity index (χ1v) is 6.52. The second-order valence-corrected chi connectivity index (χ2v) is 4.51. The zero-order valence-corrected chi connectivity index (χ0v) is 11.2. The van der Waals surface area contributed by atoms with E-state index in [1.165, 1.54) is 25.9 Å². The molecule has 0 spiro atoms. The molecule has 1 saturated heterocycles. The molecule has 2 rings (SSSR count). The molecular formula is C14H22N2O3. The van der Waals surface area contributed by atoms with Crippen molar-refractivity contribution in [1.29, 1.82) is 0 Å². The maximum atomic E-state index is 10.7. The van der Waals surface area contributed by atoms with Gasteiger partial charge in [0, 0.05) is 0 Å². The van der Waals surface area contributed by atoms with Crippen LogP contribution in [0.2, 0.25) is 0 Å². The van der Waals surface area contributed by atoms with Crippen LogP contribution >= 0.6 is 0 Å². The molecule has 0 amide bonds. The van der Waals surface area contributed by atoms with Crippen LogP contribution in [-0.4, -0.2) is 42.4 Å². The van der Waals surface area contributed by atoms with Gasteiger partial charge in [-0.2, -0.15) is 0 Å². The maximum absolute atomic E-state index is 10.7. The van der Waals surface area contributed by atoms with E-state index in [2.05, 4.69) is 10.6 Å². The van der Waals surface area contributed by atoms with Gasteiger partial charge in [-0.1, -0.05) is 12.1 Å². The molecule has 5 nitrogen and oxygen atoms in total. The number of nitrogens with one attached hydrogen (secondary N) is 2. The topological polar surface area (TPSA) is 81.6 Å². The number of carboxylic acid groups (broad SMARTS) is 1. The summed E-state index contributed by atoms with van der Waals surface area (Å²) in [5.74, 6) is -0.689. The van der Waals surface area contributed by atoms with E-state index in [9.17, 15) is 4.79 Å². The minimum absolute atomic E-state index is 0.185. The summed E-state index contributed by atoms with van der Waals surface area (Å²) in [6, 6.07) is 5.93. The summed E-state index contributed by atoms with van der Waals surface area (Å²) in [5.41, 5.74) is 0.879. The second kappa shape index (κ2) is 8.50. The van der Waals surface area contributed by atoms with Crippen LogP contribution in [0.3, 0.4) is 0 Å². The van der Waals surface area contributed by atoms with Crippen LogP contribution in [0.1, 0.15) is 18.4 Å². The summed E-state index contributed by atoms with van der Waals surface area (Å²) in [7, 11) is 1.61. The number of carbonyl (C=O) groups is 1. The number of hydrogen-bond donors (Lipinski definition) is 4. The van der Waals surface area contributed by atoms with Crippen molar-refractivity contribution in [3.8, 4) is 5.75 Å². The molecule has 1 fully saturated rings. The molecule has 19 heavy (non-hydrogen) atoms. The van der Waals surface area contributed by atoms with Gasteiger partial charge in [0.15, 0.2) is 0 Å². The van der Waals surface area contributed by atoms with Gasteiger partial charge in [0.2, 0.25) is 0 Å². The Bertz CT molecular complexity index is 367. The predicted molar refractivity (Wildman–Crippen MR) is 74.4 cm³/mol. The molecular weight excluding hydrogens is 244 g/mol. The first-order valence-electron chi connectivity index (χ1n) is 6.52. The Labute approximate surface area is 113 Å². The minimum Gasteiger partial charge on any atom is -0.508 e. The van der Waals surface area contributed by atoms with Gasteiger partial charge in [-0.3, -0.25) is 4.79 Å². The van der Waals surface area contributed by atoms with Crippen LogP contribution in [0.4, 0.5) is 0 Å². The Hall–Kier alpha value is -1.59. The van der Waals surface area contributed by atoms with Gasteiger partial charge in [0.25, 0.3) is 0 Å². The summed E-state index contributed by atoms with van der Waals surface area (Å²) < 4.78 is 0. The highest BCUT2D eigenvalue weighted by atomic mass is 16.4. The number of benzene rings is 1. The van der Waals surface area contributed by atoms with Gasteiger partial charge >= 0.3 is 5.97 Å². The van der Waals surface area contributed by atoms with Gasteiger partial charge in [0.1, 0.15) is 11.8 Å². The first kappa shape index (κ1) is 15.5. The zero-order chi connectivity index (χ0) is 14.1. The molecule has 1 aromatic carbocycles. The minimum atomic E-state index is -0.874. The highest BCUT2D eigenvalue weighted by molar-refractivity contribution is 5.73. The van der Waals surface area contributed by atoms with E-state index in [1.54, 1.807) is 31.3 Å². The fourth-order valence-electron chi connectivity index (χ4n) is 1.81. The third-order valence-electron chi connectivity index (χ3n) is 2.98. The van der Waals surface area contributed by atoms with Crippen molar-refractivity contribution in [3.63, 3.8) is 0 Å². The highest BCUT2D eigenvalue weighted by Crippen LogP contribution is 2.11. The van der Waals surface area contributed by atoms with Gasteiger partial charge in [-0.05, 0) is 57.1 Å². The average molecular weight is 266 g/mol. The molecule has 0 radical (unpaired) electrons. The molecule has 1 aliphatic rings. The molecule has 1 unspecified atom stereocenters. The quantitative estimate of drug-likeness (QED) is 0.653. The number of phenols is 1. The molecule has 4 N–H and O–H groups in total. The molecule has 106 valence electrons. The van der Waals surface area contributed by atoms with E-state index in [4.69, 9.17) is 10.2 Å². The SMILES string of the molecule is C1CCNC1.CNC(Cc1ccc(O)cc1)C(=O)O. The van der Waals surface area contributed by atoms with Crippen molar-refractivity contribution in [2.45, 2.75) is 25.3 Å². The van der Waals surface area contributed by atoms with Gasteiger partial charge < -0.3 is 20.8 Å². The van der Waals surface area contributed by atoms with Crippen LogP contribution in [0, 0.1) is 0 Å². The maximum Gasteiger partial charge on any atom is 0.321 e. The van der Waals surface area contributed by atoms with Gasteiger partial charge in [0.05, 0.1) is 0 Å². The number of rotatable bonds is 4. The number of aliphatic carboxylic acids is 1. The van der Waals surface area contributed by atoms with Crippen molar-refractivity contribution >= 4 is 5.97 Å². The number of hydrogen-bond acceptors (Lipinski definition) is 4. The Kier molecular flexibility index (Phi) is 6.92. The molecule has 1 aromatic rings. The van der Waals surface area contributed by atoms with Crippen molar-refractivity contribution in [2.24, 2.45) is 0 Å². The lowest BCUT2D eigenvalue weighted by atomic mass is 10.1. The van der Waals surface area contributed by atoms with Crippen LogP contribution in [0.15, 0.2) is 24.3 Å². The van der Waals surface area contributed by atoms with E-state index in [1.807, 2.05) is 0 Å². The highest BCUT2D eigenvalue weighted by Gasteiger charge is 2.14. The molecule has 1 aliphatic heterocycles. The third kappa shape index (κ3) is 6.22. The summed E-state index contributed by atoms with van der Waals surface area (Å²) in [5, 5.41) is 23.7. The first-order chi connectivity index (χ1) is 9.13. The lowest BCUT2D eigenvalue weighted by Gasteiger charge is -2.10. The van der Waals surface area contributed by atoms with E-state index in [0.29, 0.717) is 6.42 Å². The second-order valence-electron chi connectivity index (χ2n) is 4.51. The van der Waals surface area contributed by atoms with Crippen LogP contribution in [-0.2, 0) is 11.2 Å². The molecule has 0 aliphatic carbocycles. The zero-order valence-electron chi connectivity index (χ0n) is 11.2. The molecule has 5 heteroatoms. The number of likely N-dealkylation sites (N-methyl/N-ethyl adjacent to an activating group) is 1. The number of phenolic OH excluding ortho intramolecular Hbond substituents is 1. The normalized spacial score (nSPS) is 15.4. The van der Waals surface area contributed by atoms with Crippen molar-refractivity contribution in [2.75, 3.05) is 20.1 Å². The van der Waals surface area contributed by atoms with Crippen molar-refractivity contribution in [1.82, 2.24) is 10.6 Å². The molecule has 1 atom stereocenters. The Balaban J connectivity index is 0.000000300. The fourth-order valence-corrected chi connectivity index (χ4v) is 1.81. The summed E-state index contributed by atoms with van der Waals surface area (Å²) in [6.45, 7) is 2.50. The third-order valence-corrected chi connectivity index (χ3v) is 2.98. The molecule has 1 heterocycles. The largest absolute Gasteiger partial charge is 0.508 e. The number of carboxylic acids is 1. The molecule has 0 saturated carbocycles. The lowest BCUT2D eigenvalue weighted by Crippen LogP contribution is -2.35. The standard InChI is InChI=1S/C10H13NO3.C4H9N/c1-11-9(10(13)14)6-7-2-4-8(12)5-3-7;1-2-4-5-3-1/h2-5,9,11-12H,6H2,1H3,(H,13,14);5H,1-4H2. The van der Waals surface area contributed by atoms with Crippen LogP contribution in [0.5, 0.6) is 5.75 Å². The summed E-state index contributed by atoms with van der Waals surface area (Å²) in [4.78, 5) is 10.7. The molecule has 0 bridgehead atoms. The smallest absolute Gasteiger partial charge is 0.321 e. The van der Waals surface area contributed by atoms with Crippen LogP contribution < -0.4 is 10.6 Å². The summed E-state index contributed by atoms with van der Waals surface area (Å²) >= 11 is 0. The van der Waals surface area contributed by atoms with E-state index < -0.39 is 12.0 Å². The predicted octanol–water partition coefficient (Wildman–Crippen LogP) is 0.977. The Morgan fingerprint density at radius 3 is 2.26 bits per heavy atom. The lowest BCUT2D eigenvalue weighted by molar-refractivity contribution is -0.139. The Morgan fingerprint density at radius 2 is 1.89 bits per heavy atom. The van der Waals surface area contributed by atoms with E-state index in [0.717, 1.165) is 5.56 Å². The van der Waals surface area contributed by atoms with Crippen LogP contribution in [0.25, 0.3) is 0 Å². The van der Waals surface area contributed by atoms with Crippen molar-refractivity contribution < 1.29 is 15.0 Å².